The summed E-state index contributed by atoms with van der Waals surface area (Å²) in [5.41, 5.74) is -0.485. The van der Waals surface area contributed by atoms with Crippen LogP contribution in [0.15, 0.2) is 29.1 Å². The number of hydrogen-bond acceptors (Lipinski definition) is 3. The number of pyridine rings is 1. The minimum absolute atomic E-state index is 0.166. The summed E-state index contributed by atoms with van der Waals surface area (Å²) in [4.78, 5) is 26.2. The first kappa shape index (κ1) is 16.8. The molecule has 1 unspecified atom stereocenters. The van der Waals surface area contributed by atoms with Crippen molar-refractivity contribution in [2.45, 2.75) is 13.0 Å². The second-order valence-electron chi connectivity index (χ2n) is 4.89. The average Bonchev–Trinajstić information content (AvgIpc) is 2.49. The Balaban J connectivity index is 2.29. The molecule has 0 aliphatic rings. The maximum absolute atomic E-state index is 13.2. The Morgan fingerprint density at radius 3 is 2.39 bits per heavy atom. The van der Waals surface area contributed by atoms with Crippen LogP contribution in [0.3, 0.4) is 0 Å². The molecular weight excluding hydrogens is 313 g/mol. The molecule has 0 bridgehead atoms. The standard InChI is InChI=1S/C15H13F3N2O3/c1-7-2-3-9(14(22)19-7)15(23)20-12(6-21)8-4-10(16)13(18)11(17)5-8/h2-5,12,21H,6H2,1H3,(H,19,22)(H,20,23). The minimum atomic E-state index is -1.65. The lowest BCUT2D eigenvalue weighted by atomic mass is 10.1. The van der Waals surface area contributed by atoms with Gasteiger partial charge in [-0.2, -0.15) is 0 Å². The van der Waals surface area contributed by atoms with Crippen LogP contribution in [0.1, 0.15) is 27.7 Å². The van der Waals surface area contributed by atoms with Gasteiger partial charge in [-0.15, -0.1) is 0 Å². The Bertz CT molecular complexity index is 782. The Morgan fingerprint density at radius 2 is 1.87 bits per heavy atom. The highest BCUT2D eigenvalue weighted by atomic mass is 19.2. The lowest BCUT2D eigenvalue weighted by molar-refractivity contribution is 0.0914. The van der Waals surface area contributed by atoms with Gasteiger partial charge in [0.25, 0.3) is 11.5 Å². The predicted octanol–water partition coefficient (Wildman–Crippen LogP) is 1.56. The number of rotatable bonds is 4. The van der Waals surface area contributed by atoms with Crippen molar-refractivity contribution in [3.63, 3.8) is 0 Å². The summed E-state index contributed by atoms with van der Waals surface area (Å²) < 4.78 is 39.4. The first-order valence-corrected chi connectivity index (χ1v) is 6.59. The topological polar surface area (TPSA) is 82.2 Å². The molecule has 3 N–H and O–H groups in total. The van der Waals surface area contributed by atoms with E-state index in [0.29, 0.717) is 17.8 Å². The fourth-order valence-electron chi connectivity index (χ4n) is 2.00. The zero-order valence-corrected chi connectivity index (χ0v) is 12.0. The molecule has 0 aliphatic carbocycles. The predicted molar refractivity (Wildman–Crippen MR) is 75.4 cm³/mol. The summed E-state index contributed by atoms with van der Waals surface area (Å²) in [6, 6.07) is 2.91. The SMILES string of the molecule is Cc1ccc(C(=O)NC(CO)c2cc(F)c(F)c(F)c2)c(=O)[nH]1. The van der Waals surface area contributed by atoms with Gasteiger partial charge in [0.2, 0.25) is 0 Å². The second kappa shape index (κ2) is 6.66. The first-order chi connectivity index (χ1) is 10.8. The molecular formula is C15H13F3N2O3. The zero-order valence-electron chi connectivity index (χ0n) is 12.0. The number of aromatic amines is 1. The van der Waals surface area contributed by atoms with Gasteiger partial charge in [-0.3, -0.25) is 9.59 Å². The molecule has 0 saturated carbocycles. The van der Waals surface area contributed by atoms with Gasteiger partial charge in [0.1, 0.15) is 5.56 Å². The fourth-order valence-corrected chi connectivity index (χ4v) is 2.00. The van der Waals surface area contributed by atoms with E-state index in [2.05, 4.69) is 10.3 Å². The highest BCUT2D eigenvalue weighted by Gasteiger charge is 2.20. The van der Waals surface area contributed by atoms with Crippen molar-refractivity contribution in [2.24, 2.45) is 0 Å². The third kappa shape index (κ3) is 3.59. The summed E-state index contributed by atoms with van der Waals surface area (Å²) in [6.45, 7) is 0.934. The summed E-state index contributed by atoms with van der Waals surface area (Å²) >= 11 is 0. The molecule has 0 radical (unpaired) electrons. The highest BCUT2D eigenvalue weighted by Crippen LogP contribution is 2.19. The maximum Gasteiger partial charge on any atom is 0.260 e. The number of hydrogen-bond donors (Lipinski definition) is 3. The number of carbonyl (C=O) groups is 1. The third-order valence-electron chi connectivity index (χ3n) is 3.20. The second-order valence-corrected chi connectivity index (χ2v) is 4.89. The molecule has 0 spiro atoms. The maximum atomic E-state index is 13.2. The van der Waals surface area contributed by atoms with Crippen LogP contribution in [0.2, 0.25) is 0 Å². The van der Waals surface area contributed by atoms with Crippen LogP contribution in [0.25, 0.3) is 0 Å². The minimum Gasteiger partial charge on any atom is -0.394 e. The first-order valence-electron chi connectivity index (χ1n) is 6.59. The lowest BCUT2D eigenvalue weighted by Crippen LogP contribution is -2.34. The number of aryl methyl sites for hydroxylation is 1. The molecule has 0 saturated heterocycles. The van der Waals surface area contributed by atoms with Crippen LogP contribution in [-0.4, -0.2) is 22.6 Å². The van der Waals surface area contributed by atoms with Crippen molar-refractivity contribution in [1.82, 2.24) is 10.3 Å². The molecule has 1 aromatic heterocycles. The number of aliphatic hydroxyl groups excluding tert-OH is 1. The number of aliphatic hydroxyl groups is 1. The van der Waals surface area contributed by atoms with E-state index in [9.17, 15) is 27.9 Å². The van der Waals surface area contributed by atoms with E-state index in [0.717, 1.165) is 0 Å². The van der Waals surface area contributed by atoms with Crippen LogP contribution in [0.4, 0.5) is 13.2 Å². The summed E-state index contributed by atoms with van der Waals surface area (Å²) in [5, 5.41) is 11.6. The van der Waals surface area contributed by atoms with Crippen molar-refractivity contribution in [3.05, 3.63) is 68.9 Å². The molecule has 23 heavy (non-hydrogen) atoms. The van der Waals surface area contributed by atoms with Gasteiger partial charge in [-0.25, -0.2) is 13.2 Å². The quantitative estimate of drug-likeness (QED) is 0.746. The van der Waals surface area contributed by atoms with Crippen molar-refractivity contribution >= 4 is 5.91 Å². The molecule has 2 rings (SSSR count). The Hall–Kier alpha value is -2.61. The summed E-state index contributed by atoms with van der Waals surface area (Å²) in [5.74, 6) is -5.37. The van der Waals surface area contributed by atoms with E-state index < -0.39 is 41.6 Å². The molecule has 122 valence electrons. The van der Waals surface area contributed by atoms with E-state index >= 15 is 0 Å². The van der Waals surface area contributed by atoms with Gasteiger partial charge in [-0.05, 0) is 36.8 Å². The van der Waals surface area contributed by atoms with E-state index in [1.807, 2.05) is 0 Å². The normalized spacial score (nSPS) is 12.0. The van der Waals surface area contributed by atoms with Gasteiger partial charge in [0.15, 0.2) is 17.5 Å². The molecule has 8 heteroatoms. The van der Waals surface area contributed by atoms with Crippen LogP contribution in [0, 0.1) is 24.4 Å². The van der Waals surface area contributed by atoms with Crippen LogP contribution >= 0.6 is 0 Å². The average molecular weight is 326 g/mol. The molecule has 1 atom stereocenters. The van der Waals surface area contributed by atoms with E-state index in [-0.39, 0.29) is 11.1 Å². The zero-order chi connectivity index (χ0) is 17.1. The van der Waals surface area contributed by atoms with Crippen molar-refractivity contribution < 1.29 is 23.1 Å². The van der Waals surface area contributed by atoms with E-state index in [4.69, 9.17) is 0 Å². The summed E-state index contributed by atoms with van der Waals surface area (Å²) in [7, 11) is 0. The monoisotopic (exact) mass is 326 g/mol. The molecule has 0 fully saturated rings. The number of halogens is 3. The Kier molecular flexibility index (Phi) is 4.85. The van der Waals surface area contributed by atoms with E-state index in [1.54, 1.807) is 6.92 Å². The van der Waals surface area contributed by atoms with Crippen LogP contribution in [0.5, 0.6) is 0 Å². The van der Waals surface area contributed by atoms with Crippen molar-refractivity contribution in [2.75, 3.05) is 6.61 Å². The number of nitrogens with one attached hydrogen (secondary N) is 2. The van der Waals surface area contributed by atoms with E-state index in [1.165, 1.54) is 12.1 Å². The van der Waals surface area contributed by atoms with Crippen molar-refractivity contribution in [3.8, 4) is 0 Å². The number of H-pyrrole nitrogens is 1. The molecule has 5 nitrogen and oxygen atoms in total. The third-order valence-corrected chi connectivity index (χ3v) is 3.20. The molecule has 1 aromatic carbocycles. The van der Waals surface area contributed by atoms with Crippen LogP contribution in [-0.2, 0) is 0 Å². The van der Waals surface area contributed by atoms with Crippen LogP contribution < -0.4 is 10.9 Å². The Morgan fingerprint density at radius 1 is 1.26 bits per heavy atom. The lowest BCUT2D eigenvalue weighted by Gasteiger charge is -2.17. The number of amides is 1. The molecule has 1 heterocycles. The highest BCUT2D eigenvalue weighted by molar-refractivity contribution is 5.94. The number of aromatic nitrogens is 1. The largest absolute Gasteiger partial charge is 0.394 e. The number of benzene rings is 1. The van der Waals surface area contributed by atoms with Gasteiger partial charge in [0, 0.05) is 5.69 Å². The van der Waals surface area contributed by atoms with Gasteiger partial charge >= 0.3 is 0 Å². The summed E-state index contributed by atoms with van der Waals surface area (Å²) in [6.07, 6.45) is 0. The number of carbonyl (C=O) groups excluding carboxylic acids is 1. The molecule has 2 aromatic rings. The molecule has 0 aliphatic heterocycles. The van der Waals surface area contributed by atoms with Gasteiger partial charge in [0.05, 0.1) is 12.6 Å². The smallest absolute Gasteiger partial charge is 0.260 e. The van der Waals surface area contributed by atoms with Gasteiger partial charge in [-0.1, -0.05) is 0 Å². The molecule has 1 amide bonds. The van der Waals surface area contributed by atoms with Crippen molar-refractivity contribution in [1.29, 1.82) is 0 Å². The fraction of sp³-hybridized carbons (Fsp3) is 0.200. The Labute approximate surface area is 128 Å². The van der Waals surface area contributed by atoms with Gasteiger partial charge < -0.3 is 15.4 Å².